The van der Waals surface area contributed by atoms with Gasteiger partial charge < -0.3 is 5.31 Å². The molecule has 0 radical (unpaired) electrons. The van der Waals surface area contributed by atoms with Gasteiger partial charge in [0, 0.05) is 33.8 Å². The lowest BCUT2D eigenvalue weighted by molar-refractivity contribution is 0.211. The normalized spacial score (nSPS) is 27.1. The van der Waals surface area contributed by atoms with Crippen LogP contribution in [0.15, 0.2) is 30.5 Å². The summed E-state index contributed by atoms with van der Waals surface area (Å²) in [5, 5.41) is 9.62. The lowest BCUT2D eigenvalue weighted by Gasteiger charge is -2.32. The van der Waals surface area contributed by atoms with Gasteiger partial charge in [-0.05, 0) is 42.9 Å². The molecule has 0 atom stereocenters. The highest BCUT2D eigenvalue weighted by Gasteiger charge is 2.20. The van der Waals surface area contributed by atoms with E-state index in [1.165, 1.54) is 13.0 Å². The molecule has 0 spiro atoms. The third kappa shape index (κ3) is 4.06. The standard InChI is InChI=1S/C20H20ClN5S/c1-13-2-3-14(8-15(13)10-22)11-26-6-4-16(5-7-26)25-19-17-9-18(21)27-20(17)24-12-23-19/h2-3,8-9,12,16H,4-7,11H2,1H3,(H,23,24,25)/i3D,4D2,5D2,8D,9D,11D2,16D/hD. The zero-order valence-electron chi connectivity index (χ0n) is 25.1. The van der Waals surface area contributed by atoms with Crippen LogP contribution in [0.5, 0.6) is 0 Å². The maximum absolute atomic E-state index is 9.42. The molecule has 1 fully saturated rings. The molecule has 0 saturated carbocycles. The quantitative estimate of drug-likeness (QED) is 0.683. The summed E-state index contributed by atoms with van der Waals surface area (Å²) >= 11 is 6.95. The smallest absolute Gasteiger partial charge is 0.162 e. The molecular formula is C20H20ClN5S. The van der Waals surface area contributed by atoms with Gasteiger partial charge in [0.2, 0.25) is 0 Å². The van der Waals surface area contributed by atoms with E-state index < -0.39 is 61.8 Å². The van der Waals surface area contributed by atoms with Gasteiger partial charge in [0.05, 0.1) is 26.8 Å². The molecule has 0 bridgehead atoms. The molecule has 0 unspecified atom stereocenters. The van der Waals surface area contributed by atoms with Crippen LogP contribution in [0, 0.1) is 18.3 Å². The van der Waals surface area contributed by atoms with Crippen LogP contribution in [-0.4, -0.2) is 34.0 Å². The molecule has 4 rings (SSSR count). The Kier molecular flexibility index (Phi) is 2.70. The summed E-state index contributed by atoms with van der Waals surface area (Å²) < 4.78 is 94.6. The first-order valence-corrected chi connectivity index (χ1v) is 9.07. The van der Waals surface area contributed by atoms with Crippen LogP contribution in [0.25, 0.3) is 10.2 Å². The number of likely N-dealkylation sites (tertiary alicyclic amines) is 1. The molecule has 1 aromatic carbocycles. The molecule has 0 aliphatic carbocycles. The summed E-state index contributed by atoms with van der Waals surface area (Å²) in [5.74, 6) is -0.401. The summed E-state index contributed by atoms with van der Waals surface area (Å²) in [5.41, 5.74) is -0.404. The topological polar surface area (TPSA) is 64.8 Å². The van der Waals surface area contributed by atoms with Crippen molar-refractivity contribution < 1.29 is 15.1 Å². The van der Waals surface area contributed by atoms with Gasteiger partial charge in [-0.25, -0.2) is 9.97 Å². The van der Waals surface area contributed by atoms with E-state index >= 15 is 0 Å². The Hall–Kier alpha value is -2.20. The summed E-state index contributed by atoms with van der Waals surface area (Å²) in [4.78, 5) is 8.85. The van der Waals surface area contributed by atoms with Crippen molar-refractivity contribution in [3.8, 4) is 6.07 Å². The SMILES string of the molecule is [2H]c1cc(C)c(C#N)c([2H])c1C([2H])([2H])N1CC([2H])([2H])C([2H])(N([2H])c2ncnc3sc(Cl)c([2H])c23)C([2H])([2H])C1. The van der Waals surface area contributed by atoms with E-state index in [0.717, 1.165) is 22.6 Å². The van der Waals surface area contributed by atoms with Crippen LogP contribution in [-0.2, 0) is 6.50 Å². The zero-order chi connectivity index (χ0) is 28.6. The lowest BCUT2D eigenvalue weighted by atomic mass is 10.0. The molecule has 1 aliphatic rings. The number of fused-ring (bicyclic) bond motifs is 1. The van der Waals surface area contributed by atoms with Gasteiger partial charge in [-0.15, -0.1) is 11.3 Å². The van der Waals surface area contributed by atoms with Gasteiger partial charge in [-0.3, -0.25) is 4.90 Å². The monoisotopic (exact) mass is 408 g/mol. The first-order chi connectivity index (χ1) is 17.4. The van der Waals surface area contributed by atoms with Gasteiger partial charge in [-0.2, -0.15) is 5.26 Å². The second kappa shape index (κ2) is 7.81. The number of rotatable bonds is 4. The molecule has 138 valence electrons. The van der Waals surface area contributed by atoms with E-state index in [4.69, 9.17) is 26.7 Å². The van der Waals surface area contributed by atoms with Crippen molar-refractivity contribution in [2.24, 2.45) is 0 Å². The van der Waals surface area contributed by atoms with Crippen molar-refractivity contribution in [1.82, 2.24) is 14.9 Å². The average molecular weight is 409 g/mol. The van der Waals surface area contributed by atoms with Gasteiger partial charge in [0.25, 0.3) is 0 Å². The fraction of sp³-hybridized carbons (Fsp3) is 0.350. The summed E-state index contributed by atoms with van der Waals surface area (Å²) in [7, 11) is 0. The van der Waals surface area contributed by atoms with Gasteiger partial charge in [0.1, 0.15) is 17.0 Å². The zero-order valence-corrected chi connectivity index (χ0v) is 15.7. The number of aryl methyl sites for hydroxylation is 1. The van der Waals surface area contributed by atoms with Crippen molar-refractivity contribution >= 4 is 39.0 Å². The van der Waals surface area contributed by atoms with Crippen LogP contribution < -0.4 is 5.31 Å². The molecule has 1 saturated heterocycles. The molecule has 1 N–H and O–H groups in total. The van der Waals surface area contributed by atoms with Gasteiger partial charge in [0.15, 0.2) is 1.41 Å². The van der Waals surface area contributed by atoms with E-state index in [9.17, 15) is 5.26 Å². The molecule has 27 heavy (non-hydrogen) atoms. The second-order valence-electron chi connectivity index (χ2n) is 5.62. The van der Waals surface area contributed by atoms with Crippen molar-refractivity contribution in [2.75, 3.05) is 18.4 Å². The molecule has 5 nitrogen and oxygen atoms in total. The molecule has 7 heteroatoms. The van der Waals surface area contributed by atoms with Crippen LogP contribution in [0.2, 0.25) is 5.75 Å². The second-order valence-corrected chi connectivity index (χ2v) is 7.22. The maximum atomic E-state index is 9.42. The molecule has 3 aromatic rings. The van der Waals surface area contributed by atoms with Crippen molar-refractivity contribution in [3.63, 3.8) is 0 Å². The Morgan fingerprint density at radius 1 is 1.56 bits per heavy atom. The fourth-order valence-electron chi connectivity index (χ4n) is 2.41. The summed E-state index contributed by atoms with van der Waals surface area (Å²) in [6.07, 6.45) is -4.84. The minimum Gasteiger partial charge on any atom is -0.367 e. The predicted octanol–water partition coefficient (Wildman–Crippen LogP) is 4.60. The Morgan fingerprint density at radius 3 is 3.15 bits per heavy atom. The first kappa shape index (κ1) is 9.33. The van der Waals surface area contributed by atoms with E-state index in [1.54, 1.807) is 6.07 Å². The number of anilines is 1. The summed E-state index contributed by atoms with van der Waals surface area (Å²) in [6.45, 7) is -3.09. The Balaban J connectivity index is 1.82. The van der Waals surface area contributed by atoms with E-state index in [2.05, 4.69) is 9.97 Å². The number of aromatic nitrogens is 2. The van der Waals surface area contributed by atoms with Crippen LogP contribution >= 0.6 is 22.9 Å². The van der Waals surface area contributed by atoms with E-state index in [-0.39, 0.29) is 31.5 Å². The number of nitriles is 1. The van der Waals surface area contributed by atoms with Gasteiger partial charge >= 0.3 is 0 Å². The van der Waals surface area contributed by atoms with Crippen molar-refractivity contribution in [1.29, 1.82) is 5.26 Å². The Bertz CT molecular complexity index is 1470. The minimum absolute atomic E-state index is 0.0236. The van der Waals surface area contributed by atoms with Crippen LogP contribution in [0.1, 0.15) is 43.1 Å². The predicted molar refractivity (Wildman–Crippen MR) is 110 cm³/mol. The maximum Gasteiger partial charge on any atom is 0.162 e. The fourth-order valence-corrected chi connectivity index (χ4v) is 3.39. The number of halogens is 1. The summed E-state index contributed by atoms with van der Waals surface area (Å²) in [6, 6.07) is -1.21. The van der Waals surface area contributed by atoms with Crippen LogP contribution in [0.3, 0.4) is 0 Å². The third-order valence-electron chi connectivity index (χ3n) is 3.75. The average Bonchev–Trinajstić information content (AvgIpc) is 3.09. The number of hydrogen-bond donors (Lipinski definition) is 1. The van der Waals surface area contributed by atoms with Crippen molar-refractivity contribution in [2.45, 2.75) is 32.2 Å². The Morgan fingerprint density at radius 2 is 2.37 bits per heavy atom. The largest absolute Gasteiger partial charge is 0.367 e. The molecule has 1 aliphatic heterocycles. The minimum atomic E-state index is -2.99. The Labute approximate surface area is 183 Å². The number of piperidine rings is 1. The molecule has 3 heterocycles. The highest BCUT2D eigenvalue weighted by Crippen LogP contribution is 2.32. The number of nitrogens with one attached hydrogen (secondary N) is 1. The number of thiophene rings is 1. The highest BCUT2D eigenvalue weighted by molar-refractivity contribution is 7.22. The lowest BCUT2D eigenvalue weighted by Crippen LogP contribution is -2.38. The van der Waals surface area contributed by atoms with Crippen LogP contribution in [0.4, 0.5) is 5.82 Å². The van der Waals surface area contributed by atoms with E-state index in [1.807, 2.05) is 0 Å². The number of hydrogen-bond acceptors (Lipinski definition) is 6. The third-order valence-corrected chi connectivity index (χ3v) is 4.86. The number of nitrogens with zero attached hydrogens (tertiary/aromatic N) is 4. The molecular weight excluding hydrogens is 378 g/mol. The van der Waals surface area contributed by atoms with Gasteiger partial charge in [-0.1, -0.05) is 23.7 Å². The highest BCUT2D eigenvalue weighted by atomic mass is 35.5. The van der Waals surface area contributed by atoms with Crippen molar-refractivity contribution in [3.05, 3.63) is 51.5 Å². The number of benzene rings is 1. The van der Waals surface area contributed by atoms with E-state index in [0.29, 0.717) is 5.56 Å². The first-order valence-electron chi connectivity index (χ1n) is 13.3. The molecule has 2 aromatic heterocycles. The molecule has 0 amide bonds.